The lowest BCUT2D eigenvalue weighted by atomic mass is 9.51. The van der Waals surface area contributed by atoms with Crippen molar-refractivity contribution in [3.8, 4) is 0 Å². The third kappa shape index (κ3) is 1.30. The molecule has 5 nitrogen and oxygen atoms in total. The van der Waals surface area contributed by atoms with E-state index in [0.29, 0.717) is 17.9 Å². The van der Waals surface area contributed by atoms with Crippen LogP contribution < -0.4 is 5.06 Å². The van der Waals surface area contributed by atoms with Crippen LogP contribution in [0.5, 0.6) is 0 Å². The first-order chi connectivity index (χ1) is 12.6. The third-order valence-corrected chi connectivity index (χ3v) is 8.22. The standard InChI is InChI=1S/C21H24N2O3/c1-4-20-11-22(2)17-12-10-26-16(9-14(12)20)21(18(17)20)13-7-5-6-8-15(13)23(25-3)19(21)24/h4-8,12,14,16-18H,1,9-11H2,2-3H3/t12?,14-,16+,17-,18+,20?,21+/m1/s1. The number of benzene rings is 1. The zero-order chi connectivity index (χ0) is 17.8. The molecule has 2 saturated heterocycles. The van der Waals surface area contributed by atoms with Gasteiger partial charge in [0.1, 0.15) is 5.41 Å². The number of carbonyl (C=O) groups excluding carboxylic acids is 1. The number of hydrogen-bond donors (Lipinski definition) is 0. The number of likely N-dealkylation sites (tertiary alicyclic amines) is 1. The number of rotatable bonds is 2. The summed E-state index contributed by atoms with van der Waals surface area (Å²) in [6.45, 7) is 6.00. The molecule has 0 radical (unpaired) electrons. The third-order valence-electron chi connectivity index (χ3n) is 8.22. The Kier molecular flexibility index (Phi) is 2.71. The quantitative estimate of drug-likeness (QED) is 0.764. The highest BCUT2D eigenvalue weighted by Gasteiger charge is 2.80. The maximum absolute atomic E-state index is 13.9. The van der Waals surface area contributed by atoms with Gasteiger partial charge in [0.2, 0.25) is 0 Å². The van der Waals surface area contributed by atoms with E-state index in [0.717, 1.165) is 30.8 Å². The molecular weight excluding hydrogens is 328 g/mol. The van der Waals surface area contributed by atoms with Gasteiger partial charge in [-0.2, -0.15) is 5.06 Å². The van der Waals surface area contributed by atoms with Crippen LogP contribution >= 0.6 is 0 Å². The summed E-state index contributed by atoms with van der Waals surface area (Å²) in [6.07, 6.45) is 3.04. The minimum absolute atomic E-state index is 0.0170. The van der Waals surface area contributed by atoms with Gasteiger partial charge in [-0.05, 0) is 31.0 Å². The van der Waals surface area contributed by atoms with Gasteiger partial charge in [0.05, 0.1) is 25.5 Å². The molecule has 4 fully saturated rings. The first-order valence-corrected chi connectivity index (χ1v) is 9.55. The molecule has 6 rings (SSSR count). The highest BCUT2D eigenvalue weighted by atomic mass is 16.7. The summed E-state index contributed by atoms with van der Waals surface area (Å²) < 4.78 is 6.39. The summed E-state index contributed by atoms with van der Waals surface area (Å²) in [6, 6.07) is 8.47. The van der Waals surface area contributed by atoms with E-state index in [4.69, 9.17) is 9.57 Å². The Morgan fingerprint density at radius 1 is 1.38 bits per heavy atom. The number of hydrogen-bond acceptors (Lipinski definition) is 4. The van der Waals surface area contributed by atoms with E-state index in [9.17, 15) is 4.79 Å². The highest BCUT2D eigenvalue weighted by molar-refractivity contribution is 6.08. The van der Waals surface area contributed by atoms with Crippen LogP contribution in [0, 0.1) is 23.2 Å². The second-order valence-electron chi connectivity index (χ2n) is 8.70. The summed E-state index contributed by atoms with van der Waals surface area (Å²) in [5.74, 6) is 1.31. The van der Waals surface area contributed by atoms with E-state index >= 15 is 0 Å². The number of para-hydroxylation sites is 1. The lowest BCUT2D eigenvalue weighted by molar-refractivity contribution is -0.159. The van der Waals surface area contributed by atoms with Crippen molar-refractivity contribution < 1.29 is 14.4 Å². The number of carbonyl (C=O) groups is 1. The minimum Gasteiger partial charge on any atom is -0.376 e. The van der Waals surface area contributed by atoms with Crippen molar-refractivity contribution >= 4 is 11.6 Å². The molecule has 2 unspecified atom stereocenters. The Hall–Kier alpha value is -1.69. The van der Waals surface area contributed by atoms with Crippen LogP contribution in [0.3, 0.4) is 0 Å². The Morgan fingerprint density at radius 3 is 2.96 bits per heavy atom. The molecule has 1 aromatic rings. The number of fused-ring (bicyclic) bond motifs is 5. The van der Waals surface area contributed by atoms with Gasteiger partial charge in [-0.3, -0.25) is 9.63 Å². The summed E-state index contributed by atoms with van der Waals surface area (Å²) in [4.78, 5) is 21.9. The molecule has 7 atom stereocenters. The van der Waals surface area contributed by atoms with Crippen molar-refractivity contribution in [3.05, 3.63) is 42.5 Å². The Labute approximate surface area is 153 Å². The van der Waals surface area contributed by atoms with E-state index in [-0.39, 0.29) is 23.3 Å². The molecule has 2 aliphatic carbocycles. The SMILES string of the molecule is C=CC12CN(C)[C@@H]3C4CO[C@@H](C[C@H]41)[C@]1(C(=O)N(OC)c4ccccc41)[C@@H]32. The Morgan fingerprint density at radius 2 is 2.19 bits per heavy atom. The molecule has 3 aliphatic heterocycles. The molecular formula is C21H24N2O3. The molecule has 5 bridgehead atoms. The summed E-state index contributed by atoms with van der Waals surface area (Å²) >= 11 is 0. The lowest BCUT2D eigenvalue weighted by Gasteiger charge is -2.54. The van der Waals surface area contributed by atoms with Crippen molar-refractivity contribution in [2.45, 2.75) is 24.0 Å². The van der Waals surface area contributed by atoms with E-state index in [2.05, 4.69) is 30.7 Å². The number of piperidine rings is 1. The monoisotopic (exact) mass is 352 g/mol. The zero-order valence-corrected chi connectivity index (χ0v) is 15.2. The van der Waals surface area contributed by atoms with Crippen molar-refractivity contribution in [2.75, 3.05) is 32.4 Å². The number of hydroxylamine groups is 1. The number of anilines is 1. The Balaban J connectivity index is 1.68. The minimum atomic E-state index is -0.669. The maximum atomic E-state index is 13.9. The van der Waals surface area contributed by atoms with Crippen LogP contribution in [0.25, 0.3) is 0 Å². The van der Waals surface area contributed by atoms with Gasteiger partial charge in [-0.15, -0.1) is 6.58 Å². The average molecular weight is 352 g/mol. The molecule has 0 N–H and O–H groups in total. The largest absolute Gasteiger partial charge is 0.376 e. The van der Waals surface area contributed by atoms with Crippen LogP contribution in [-0.4, -0.2) is 50.3 Å². The molecule has 2 saturated carbocycles. The summed E-state index contributed by atoms with van der Waals surface area (Å²) in [5, 5.41) is 1.50. The molecule has 26 heavy (non-hydrogen) atoms. The fourth-order valence-corrected chi connectivity index (χ4v) is 7.64. The van der Waals surface area contributed by atoms with Gasteiger partial charge in [0.25, 0.3) is 5.91 Å². The van der Waals surface area contributed by atoms with Crippen LogP contribution in [0.2, 0.25) is 0 Å². The summed E-state index contributed by atoms with van der Waals surface area (Å²) in [7, 11) is 3.78. The molecule has 3 heterocycles. The fraction of sp³-hybridized carbons (Fsp3) is 0.571. The zero-order valence-electron chi connectivity index (χ0n) is 15.2. The second-order valence-corrected chi connectivity index (χ2v) is 8.70. The van der Waals surface area contributed by atoms with Crippen molar-refractivity contribution in [2.24, 2.45) is 23.2 Å². The van der Waals surface area contributed by atoms with E-state index in [1.807, 2.05) is 18.2 Å². The van der Waals surface area contributed by atoms with Gasteiger partial charge in [-0.1, -0.05) is 24.3 Å². The van der Waals surface area contributed by atoms with Crippen molar-refractivity contribution in [3.63, 3.8) is 0 Å². The number of amides is 1. The van der Waals surface area contributed by atoms with Crippen LogP contribution in [0.15, 0.2) is 36.9 Å². The van der Waals surface area contributed by atoms with E-state index < -0.39 is 5.41 Å². The predicted molar refractivity (Wildman–Crippen MR) is 96.5 cm³/mol. The second kappa shape index (κ2) is 4.58. The molecule has 5 aliphatic rings. The van der Waals surface area contributed by atoms with Crippen molar-refractivity contribution in [1.82, 2.24) is 4.90 Å². The Bertz CT molecular complexity index is 840. The molecule has 0 aromatic heterocycles. The predicted octanol–water partition coefficient (Wildman–Crippen LogP) is 1.98. The smallest absolute Gasteiger partial charge is 0.264 e. The highest BCUT2D eigenvalue weighted by Crippen LogP contribution is 2.73. The van der Waals surface area contributed by atoms with Gasteiger partial charge < -0.3 is 9.64 Å². The topological polar surface area (TPSA) is 42.0 Å². The normalized spacial score (nSPS) is 47.8. The molecule has 1 spiro atoms. The average Bonchev–Trinajstić information content (AvgIpc) is 3.13. The number of nitrogens with zero attached hydrogens (tertiary/aromatic N) is 2. The van der Waals surface area contributed by atoms with Gasteiger partial charge >= 0.3 is 0 Å². The van der Waals surface area contributed by atoms with Gasteiger partial charge in [-0.25, -0.2) is 0 Å². The summed E-state index contributed by atoms with van der Waals surface area (Å²) in [5.41, 5.74) is 1.27. The number of ether oxygens (including phenoxy) is 1. The first kappa shape index (κ1) is 15.4. The molecule has 5 heteroatoms. The molecule has 1 aromatic carbocycles. The van der Waals surface area contributed by atoms with Crippen LogP contribution in [-0.2, 0) is 19.8 Å². The maximum Gasteiger partial charge on any atom is 0.264 e. The lowest BCUT2D eigenvalue weighted by Crippen LogP contribution is -2.63. The van der Waals surface area contributed by atoms with Crippen LogP contribution in [0.1, 0.15) is 12.0 Å². The van der Waals surface area contributed by atoms with Crippen molar-refractivity contribution in [1.29, 1.82) is 0 Å². The van der Waals surface area contributed by atoms with E-state index in [1.165, 1.54) is 5.06 Å². The first-order valence-electron chi connectivity index (χ1n) is 9.55. The van der Waals surface area contributed by atoms with Crippen LogP contribution in [0.4, 0.5) is 5.69 Å². The van der Waals surface area contributed by atoms with Gasteiger partial charge in [0, 0.05) is 29.8 Å². The van der Waals surface area contributed by atoms with Gasteiger partial charge in [0.15, 0.2) is 0 Å². The fourth-order valence-electron chi connectivity index (χ4n) is 7.64. The molecule has 1 amide bonds. The van der Waals surface area contributed by atoms with E-state index in [1.54, 1.807) is 7.11 Å². The molecule has 136 valence electrons.